The van der Waals surface area contributed by atoms with Crippen molar-refractivity contribution in [2.45, 2.75) is 37.0 Å². The summed E-state index contributed by atoms with van der Waals surface area (Å²) in [5, 5.41) is 2.90. The van der Waals surface area contributed by atoms with Gasteiger partial charge in [0.1, 0.15) is 5.76 Å². The SMILES string of the molecule is CCOC(=C/CN)/C(=C\C(S)Cl)C(=O)NCC1CCN(CCCCN=C(N)N)CO1. The maximum atomic E-state index is 12.7. The monoisotopic (exact) mass is 462 g/mol. The van der Waals surface area contributed by atoms with Crippen molar-refractivity contribution < 1.29 is 14.3 Å². The molecule has 0 aromatic rings. The molecule has 2 unspecified atom stereocenters. The molecular weight excluding hydrogens is 428 g/mol. The number of ether oxygens (including phenoxy) is 2. The van der Waals surface area contributed by atoms with E-state index in [0.717, 1.165) is 32.4 Å². The van der Waals surface area contributed by atoms with Gasteiger partial charge in [-0.2, -0.15) is 12.6 Å². The van der Waals surface area contributed by atoms with Crippen LogP contribution in [0.5, 0.6) is 0 Å². The molecule has 0 aliphatic carbocycles. The molecule has 2 atom stereocenters. The fraction of sp³-hybridized carbons (Fsp3) is 0.684. The van der Waals surface area contributed by atoms with Crippen molar-refractivity contribution in [3.8, 4) is 0 Å². The standard InChI is InChI=1S/C19H35ClN6O3S/c1-2-28-16(5-7-21)15(11-17(20)30)18(27)25-12-14-6-10-26(13-29-14)9-4-3-8-24-19(22)23/h5,11,14,17,30H,2-4,6-10,12-13,21H2,1H3,(H,25,27)(H4,22,23,24)/b15-11+,16-5+. The highest BCUT2D eigenvalue weighted by atomic mass is 35.5. The van der Waals surface area contributed by atoms with Crippen LogP contribution in [-0.4, -0.2) is 73.6 Å². The Morgan fingerprint density at radius 2 is 2.23 bits per heavy atom. The Balaban J connectivity index is 2.45. The summed E-state index contributed by atoms with van der Waals surface area (Å²) in [5.74, 6) is 0.226. The van der Waals surface area contributed by atoms with E-state index >= 15 is 0 Å². The summed E-state index contributed by atoms with van der Waals surface area (Å²) in [6.45, 7) is 5.88. The van der Waals surface area contributed by atoms with Gasteiger partial charge in [-0.3, -0.25) is 14.7 Å². The third-order valence-corrected chi connectivity index (χ3v) is 4.62. The van der Waals surface area contributed by atoms with E-state index in [4.69, 9.17) is 38.3 Å². The van der Waals surface area contributed by atoms with E-state index in [1.54, 1.807) is 6.08 Å². The fourth-order valence-electron chi connectivity index (χ4n) is 2.90. The van der Waals surface area contributed by atoms with Gasteiger partial charge >= 0.3 is 0 Å². The van der Waals surface area contributed by atoms with Gasteiger partial charge in [-0.05, 0) is 38.3 Å². The first-order valence-electron chi connectivity index (χ1n) is 10.1. The Kier molecular flexibility index (Phi) is 13.6. The fourth-order valence-corrected chi connectivity index (χ4v) is 3.17. The largest absolute Gasteiger partial charge is 0.493 e. The number of alkyl halides is 1. The van der Waals surface area contributed by atoms with Crippen molar-refractivity contribution in [2.24, 2.45) is 22.2 Å². The van der Waals surface area contributed by atoms with Gasteiger partial charge in [-0.25, -0.2) is 0 Å². The number of thiol groups is 1. The first-order valence-corrected chi connectivity index (χ1v) is 11.1. The molecule has 0 aromatic heterocycles. The van der Waals surface area contributed by atoms with Crippen LogP contribution in [0, 0.1) is 0 Å². The van der Waals surface area contributed by atoms with Gasteiger partial charge < -0.3 is 32.0 Å². The summed E-state index contributed by atoms with van der Waals surface area (Å²) in [6.07, 6.45) is 5.87. The number of hydrogen-bond acceptors (Lipinski definition) is 7. The molecule has 1 rings (SSSR count). The molecule has 1 heterocycles. The number of carbonyl (C=O) groups is 1. The minimum Gasteiger partial charge on any atom is -0.493 e. The van der Waals surface area contributed by atoms with Crippen LogP contribution in [-0.2, 0) is 14.3 Å². The zero-order valence-electron chi connectivity index (χ0n) is 17.6. The summed E-state index contributed by atoms with van der Waals surface area (Å²) >= 11 is 10.1. The maximum Gasteiger partial charge on any atom is 0.254 e. The van der Waals surface area contributed by atoms with Crippen molar-refractivity contribution in [1.82, 2.24) is 10.2 Å². The number of unbranched alkanes of at least 4 members (excludes halogenated alkanes) is 1. The maximum absolute atomic E-state index is 12.7. The van der Waals surface area contributed by atoms with E-state index in [9.17, 15) is 4.79 Å². The number of amides is 1. The minimum absolute atomic E-state index is 0.0510. The second kappa shape index (κ2) is 15.4. The molecule has 7 N–H and O–H groups in total. The number of nitrogens with one attached hydrogen (secondary N) is 1. The molecule has 30 heavy (non-hydrogen) atoms. The van der Waals surface area contributed by atoms with Crippen molar-refractivity contribution >= 4 is 36.1 Å². The first kappa shape index (κ1) is 26.6. The summed E-state index contributed by atoms with van der Waals surface area (Å²) in [6, 6.07) is 0. The van der Waals surface area contributed by atoms with Gasteiger partial charge in [-0.15, -0.1) is 11.6 Å². The molecule has 0 saturated carbocycles. The molecule has 9 nitrogen and oxygen atoms in total. The number of hydrogen-bond donors (Lipinski definition) is 5. The molecule has 1 fully saturated rings. The molecule has 1 saturated heterocycles. The molecule has 11 heteroatoms. The molecule has 0 radical (unpaired) electrons. The van der Waals surface area contributed by atoms with Crippen LogP contribution in [0.4, 0.5) is 0 Å². The summed E-state index contributed by atoms with van der Waals surface area (Å²) in [5.41, 5.74) is 16.5. The van der Waals surface area contributed by atoms with E-state index in [2.05, 4.69) is 27.8 Å². The van der Waals surface area contributed by atoms with E-state index < -0.39 is 4.71 Å². The first-order chi connectivity index (χ1) is 14.4. The van der Waals surface area contributed by atoms with E-state index in [1.807, 2.05) is 6.92 Å². The molecule has 0 aromatic carbocycles. The Morgan fingerprint density at radius 3 is 2.80 bits per heavy atom. The number of nitrogens with two attached hydrogens (primary N) is 3. The molecule has 1 amide bonds. The normalized spacial score (nSPS) is 19.3. The minimum atomic E-state index is -0.626. The average Bonchev–Trinajstić information content (AvgIpc) is 2.70. The predicted octanol–water partition coefficient (Wildman–Crippen LogP) is 0.505. The van der Waals surface area contributed by atoms with Crippen LogP contribution in [0.2, 0.25) is 0 Å². The summed E-state index contributed by atoms with van der Waals surface area (Å²) in [4.78, 5) is 18.9. The number of halogens is 1. The van der Waals surface area contributed by atoms with Crippen LogP contribution in [0.1, 0.15) is 26.2 Å². The Labute approximate surface area is 189 Å². The second-order valence-electron chi connectivity index (χ2n) is 6.74. The molecule has 172 valence electrons. The predicted molar refractivity (Wildman–Crippen MR) is 124 cm³/mol. The lowest BCUT2D eigenvalue weighted by atomic mass is 10.1. The lowest BCUT2D eigenvalue weighted by Crippen LogP contribution is -2.44. The van der Waals surface area contributed by atoms with Crippen molar-refractivity contribution in [2.75, 3.05) is 46.1 Å². The topological polar surface area (TPSA) is 141 Å². The molecule has 0 spiro atoms. The molecular formula is C19H35ClN6O3S. The second-order valence-corrected chi connectivity index (χ2v) is 8.07. The van der Waals surface area contributed by atoms with E-state index in [1.165, 1.54) is 6.08 Å². The highest BCUT2D eigenvalue weighted by molar-refractivity contribution is 7.82. The Bertz CT molecular complexity index is 603. The van der Waals surface area contributed by atoms with Gasteiger partial charge in [0.25, 0.3) is 5.91 Å². The number of nitrogens with zero attached hydrogens (tertiary/aromatic N) is 2. The highest BCUT2D eigenvalue weighted by Crippen LogP contribution is 2.17. The van der Waals surface area contributed by atoms with Crippen LogP contribution < -0.4 is 22.5 Å². The Hall–Kier alpha value is -1.46. The lowest BCUT2D eigenvalue weighted by Gasteiger charge is -2.32. The van der Waals surface area contributed by atoms with Crippen LogP contribution in [0.3, 0.4) is 0 Å². The number of guanidine groups is 1. The van der Waals surface area contributed by atoms with Crippen molar-refractivity contribution in [1.29, 1.82) is 0 Å². The highest BCUT2D eigenvalue weighted by Gasteiger charge is 2.22. The summed E-state index contributed by atoms with van der Waals surface area (Å²) < 4.78 is 10.8. The lowest BCUT2D eigenvalue weighted by molar-refractivity contribution is -0.119. The van der Waals surface area contributed by atoms with Crippen molar-refractivity contribution in [3.63, 3.8) is 0 Å². The third kappa shape index (κ3) is 11.1. The molecule has 1 aliphatic rings. The van der Waals surface area contributed by atoms with Gasteiger partial charge in [0, 0.05) is 32.7 Å². The summed E-state index contributed by atoms with van der Waals surface area (Å²) in [7, 11) is 0. The Morgan fingerprint density at radius 1 is 1.47 bits per heavy atom. The smallest absolute Gasteiger partial charge is 0.254 e. The third-order valence-electron chi connectivity index (χ3n) is 4.34. The zero-order chi connectivity index (χ0) is 22.4. The van der Waals surface area contributed by atoms with Gasteiger partial charge in [0.05, 0.1) is 29.7 Å². The van der Waals surface area contributed by atoms with Gasteiger partial charge in [0.2, 0.25) is 0 Å². The van der Waals surface area contributed by atoms with Crippen LogP contribution in [0.25, 0.3) is 0 Å². The van der Waals surface area contributed by atoms with Gasteiger partial charge in [0.15, 0.2) is 5.96 Å². The van der Waals surface area contributed by atoms with E-state index in [0.29, 0.717) is 37.8 Å². The molecule has 1 aliphatic heterocycles. The number of rotatable bonds is 13. The quantitative estimate of drug-likeness (QED) is 0.0392. The number of carbonyl (C=O) groups excluding carboxylic acids is 1. The van der Waals surface area contributed by atoms with Crippen LogP contribution in [0.15, 0.2) is 28.5 Å². The molecule has 0 bridgehead atoms. The van der Waals surface area contributed by atoms with E-state index in [-0.39, 0.29) is 24.5 Å². The van der Waals surface area contributed by atoms with Crippen molar-refractivity contribution in [3.05, 3.63) is 23.5 Å². The average molecular weight is 463 g/mol. The van der Waals surface area contributed by atoms with Gasteiger partial charge in [-0.1, -0.05) is 0 Å². The van der Waals surface area contributed by atoms with Crippen LogP contribution >= 0.6 is 24.2 Å². The zero-order valence-corrected chi connectivity index (χ0v) is 19.2. The number of aliphatic imine (C=N–C) groups is 1.